The van der Waals surface area contributed by atoms with Crippen molar-refractivity contribution in [3.05, 3.63) is 48.1 Å². The summed E-state index contributed by atoms with van der Waals surface area (Å²) in [7, 11) is 0. The minimum absolute atomic E-state index is 0.0112. The summed E-state index contributed by atoms with van der Waals surface area (Å²) in [5.41, 5.74) is 8.25. The number of nitrogens with one attached hydrogen (secondary N) is 1. The monoisotopic (exact) mass is 228 g/mol. The zero-order valence-corrected chi connectivity index (χ0v) is 9.81. The molecule has 2 rings (SSSR count). The number of para-hydroxylation sites is 2. The number of carbonyl (C=O) groups is 1. The van der Waals surface area contributed by atoms with Crippen LogP contribution < -0.4 is 11.1 Å². The molecule has 0 aliphatic heterocycles. The van der Waals surface area contributed by atoms with Gasteiger partial charge in [0.1, 0.15) is 0 Å². The van der Waals surface area contributed by atoms with Gasteiger partial charge in [-0.1, -0.05) is 35.9 Å². The predicted octanol–water partition coefficient (Wildman–Crippen LogP) is 2.73. The molecule has 3 heteroatoms. The lowest BCUT2D eigenvalue weighted by Gasteiger charge is -2.15. The highest BCUT2D eigenvalue weighted by Crippen LogP contribution is 2.21. The van der Waals surface area contributed by atoms with Crippen molar-refractivity contribution in [2.45, 2.75) is 13.3 Å². The maximum absolute atomic E-state index is 12.0. The first-order chi connectivity index (χ1) is 8.16. The highest BCUT2D eigenvalue weighted by Gasteiger charge is 2.16. The molecule has 0 bridgehead atoms. The molecule has 0 fully saturated rings. The summed E-state index contributed by atoms with van der Waals surface area (Å²) in [6.45, 7) is 2.03. The summed E-state index contributed by atoms with van der Waals surface area (Å²) in [6, 6.07) is 7.28. The third-order valence-electron chi connectivity index (χ3n) is 2.84. The number of amides is 1. The number of nitrogens with two attached hydrogens (primary N) is 1. The minimum atomic E-state index is -0.0988. The average molecular weight is 228 g/mol. The fraction of sp³-hybridized carbons (Fsp3) is 0.214. The third kappa shape index (κ3) is 2.75. The number of benzene rings is 1. The van der Waals surface area contributed by atoms with Crippen LogP contribution in [0.4, 0.5) is 11.4 Å². The van der Waals surface area contributed by atoms with Gasteiger partial charge in [0, 0.05) is 0 Å². The fourth-order valence-corrected chi connectivity index (χ4v) is 1.76. The molecule has 1 atom stereocenters. The van der Waals surface area contributed by atoms with Crippen LogP contribution in [-0.2, 0) is 4.79 Å². The van der Waals surface area contributed by atoms with Crippen molar-refractivity contribution < 1.29 is 4.79 Å². The molecule has 3 N–H and O–H groups in total. The van der Waals surface area contributed by atoms with Gasteiger partial charge >= 0.3 is 0 Å². The smallest absolute Gasteiger partial charge is 0.231 e. The normalized spacial score (nSPS) is 18.6. The van der Waals surface area contributed by atoms with Crippen molar-refractivity contribution in [1.29, 1.82) is 0 Å². The summed E-state index contributed by atoms with van der Waals surface area (Å²) < 4.78 is 0. The van der Waals surface area contributed by atoms with Crippen LogP contribution >= 0.6 is 0 Å². The van der Waals surface area contributed by atoms with E-state index in [1.165, 1.54) is 5.57 Å². The van der Waals surface area contributed by atoms with Gasteiger partial charge in [0.05, 0.1) is 17.3 Å². The Morgan fingerprint density at radius 2 is 2.18 bits per heavy atom. The standard InChI is InChI=1S/C14H16N2O/c1-10-6-8-11(9-7-10)14(17)16-13-5-3-2-4-12(13)15/h2-8,11H,9,15H2,1H3,(H,16,17). The SMILES string of the molecule is CC1=CCC(C(=O)Nc2ccccc2N)C=C1. The van der Waals surface area contributed by atoms with Gasteiger partial charge in [-0.05, 0) is 25.5 Å². The molecular formula is C14H16N2O. The van der Waals surface area contributed by atoms with E-state index >= 15 is 0 Å². The molecule has 1 aliphatic carbocycles. The molecule has 1 aromatic rings. The Kier molecular flexibility index (Phi) is 3.28. The van der Waals surface area contributed by atoms with Crippen LogP contribution in [-0.4, -0.2) is 5.91 Å². The number of nitrogen functional groups attached to an aromatic ring is 1. The van der Waals surface area contributed by atoms with E-state index < -0.39 is 0 Å². The first kappa shape index (κ1) is 11.5. The van der Waals surface area contributed by atoms with Crippen molar-refractivity contribution in [3.63, 3.8) is 0 Å². The number of carbonyl (C=O) groups excluding carboxylic acids is 1. The second-order valence-electron chi connectivity index (χ2n) is 4.23. The molecule has 88 valence electrons. The second-order valence-corrected chi connectivity index (χ2v) is 4.23. The first-order valence-corrected chi connectivity index (χ1v) is 5.67. The summed E-state index contributed by atoms with van der Waals surface area (Å²) in [5.74, 6) is -0.110. The zero-order valence-electron chi connectivity index (χ0n) is 9.81. The number of allylic oxidation sites excluding steroid dienone is 3. The molecule has 3 nitrogen and oxygen atoms in total. The summed E-state index contributed by atoms with van der Waals surface area (Å²) >= 11 is 0. The predicted molar refractivity (Wildman–Crippen MR) is 70.5 cm³/mol. The highest BCUT2D eigenvalue weighted by atomic mass is 16.1. The number of hydrogen-bond donors (Lipinski definition) is 2. The van der Waals surface area contributed by atoms with Gasteiger partial charge in [-0.3, -0.25) is 4.79 Å². The fourth-order valence-electron chi connectivity index (χ4n) is 1.76. The van der Waals surface area contributed by atoms with Crippen LogP contribution in [0.1, 0.15) is 13.3 Å². The van der Waals surface area contributed by atoms with Crippen LogP contribution in [0.15, 0.2) is 48.1 Å². The molecule has 0 aromatic heterocycles. The molecule has 0 spiro atoms. The van der Waals surface area contributed by atoms with Crippen LogP contribution in [0.2, 0.25) is 0 Å². The number of rotatable bonds is 2. The average Bonchev–Trinajstić information content (AvgIpc) is 2.33. The van der Waals surface area contributed by atoms with Crippen molar-refractivity contribution >= 4 is 17.3 Å². The van der Waals surface area contributed by atoms with E-state index in [4.69, 9.17) is 5.73 Å². The van der Waals surface area contributed by atoms with E-state index in [2.05, 4.69) is 11.4 Å². The van der Waals surface area contributed by atoms with E-state index in [1.54, 1.807) is 12.1 Å². The van der Waals surface area contributed by atoms with Crippen molar-refractivity contribution in [2.24, 2.45) is 5.92 Å². The molecule has 0 radical (unpaired) electrons. The molecule has 0 saturated carbocycles. The van der Waals surface area contributed by atoms with Gasteiger partial charge in [-0.2, -0.15) is 0 Å². The van der Waals surface area contributed by atoms with Crippen molar-refractivity contribution in [2.75, 3.05) is 11.1 Å². The van der Waals surface area contributed by atoms with E-state index in [0.29, 0.717) is 11.4 Å². The first-order valence-electron chi connectivity index (χ1n) is 5.67. The van der Waals surface area contributed by atoms with Gasteiger partial charge in [-0.25, -0.2) is 0 Å². The van der Waals surface area contributed by atoms with Crippen molar-refractivity contribution in [3.8, 4) is 0 Å². The number of anilines is 2. The minimum Gasteiger partial charge on any atom is -0.397 e. The maximum atomic E-state index is 12.0. The molecule has 1 aromatic carbocycles. The lowest BCUT2D eigenvalue weighted by molar-refractivity contribution is -0.118. The largest absolute Gasteiger partial charge is 0.397 e. The Morgan fingerprint density at radius 1 is 1.41 bits per heavy atom. The zero-order chi connectivity index (χ0) is 12.3. The third-order valence-corrected chi connectivity index (χ3v) is 2.84. The van der Waals surface area contributed by atoms with E-state index in [0.717, 1.165) is 6.42 Å². The molecular weight excluding hydrogens is 212 g/mol. The Morgan fingerprint density at radius 3 is 2.82 bits per heavy atom. The molecule has 0 saturated heterocycles. The molecule has 1 amide bonds. The van der Waals surface area contributed by atoms with Gasteiger partial charge in [0.15, 0.2) is 0 Å². The van der Waals surface area contributed by atoms with Crippen LogP contribution in [0.3, 0.4) is 0 Å². The van der Waals surface area contributed by atoms with Crippen LogP contribution in [0.25, 0.3) is 0 Å². The van der Waals surface area contributed by atoms with Crippen molar-refractivity contribution in [1.82, 2.24) is 0 Å². The Labute approximate surface area is 101 Å². The molecule has 1 aliphatic rings. The summed E-state index contributed by atoms with van der Waals surface area (Å²) in [5, 5.41) is 2.85. The topological polar surface area (TPSA) is 55.1 Å². The number of hydrogen-bond acceptors (Lipinski definition) is 2. The Bertz CT molecular complexity index is 489. The highest BCUT2D eigenvalue weighted by molar-refractivity contribution is 5.96. The van der Waals surface area contributed by atoms with Gasteiger partial charge in [-0.15, -0.1) is 0 Å². The summed E-state index contributed by atoms with van der Waals surface area (Å²) in [4.78, 5) is 12.0. The lowest BCUT2D eigenvalue weighted by atomic mass is 9.96. The Hall–Kier alpha value is -2.03. The Balaban J connectivity index is 2.04. The van der Waals surface area contributed by atoms with E-state index in [9.17, 15) is 4.79 Å². The van der Waals surface area contributed by atoms with E-state index in [-0.39, 0.29) is 11.8 Å². The molecule has 0 heterocycles. The molecule has 1 unspecified atom stereocenters. The van der Waals surface area contributed by atoms with Gasteiger partial charge in [0.2, 0.25) is 5.91 Å². The second kappa shape index (κ2) is 4.87. The molecule has 17 heavy (non-hydrogen) atoms. The lowest BCUT2D eigenvalue weighted by Crippen LogP contribution is -2.22. The van der Waals surface area contributed by atoms with Gasteiger partial charge in [0.25, 0.3) is 0 Å². The van der Waals surface area contributed by atoms with Crippen LogP contribution in [0.5, 0.6) is 0 Å². The van der Waals surface area contributed by atoms with Crippen LogP contribution in [0, 0.1) is 5.92 Å². The van der Waals surface area contributed by atoms with E-state index in [1.807, 2.05) is 31.2 Å². The van der Waals surface area contributed by atoms with Gasteiger partial charge < -0.3 is 11.1 Å². The summed E-state index contributed by atoms with van der Waals surface area (Å²) in [6.07, 6.45) is 6.73. The quantitative estimate of drug-likeness (QED) is 0.765. The maximum Gasteiger partial charge on any atom is 0.231 e.